The highest BCUT2D eigenvalue weighted by Gasteiger charge is 2.11. The van der Waals surface area contributed by atoms with Crippen LogP contribution >= 0.6 is 0 Å². The number of benzene rings is 1. The maximum absolute atomic E-state index is 11.4. The molecule has 0 aromatic heterocycles. The van der Waals surface area contributed by atoms with Gasteiger partial charge in [0.05, 0.1) is 11.6 Å². The van der Waals surface area contributed by atoms with Crippen molar-refractivity contribution in [3.63, 3.8) is 0 Å². The Bertz CT molecular complexity index is 349. The molecule has 0 fully saturated rings. The van der Waals surface area contributed by atoms with E-state index in [2.05, 4.69) is 5.32 Å². The molecule has 0 spiro atoms. The van der Waals surface area contributed by atoms with Gasteiger partial charge in [-0.2, -0.15) is 0 Å². The van der Waals surface area contributed by atoms with Gasteiger partial charge in [0.1, 0.15) is 12.0 Å². The van der Waals surface area contributed by atoms with Crippen LogP contribution in [0.4, 0.5) is 0 Å². The molecule has 0 radical (unpaired) electrons. The first-order chi connectivity index (χ1) is 6.65. The lowest BCUT2D eigenvalue weighted by atomic mass is 10.2. The minimum atomic E-state index is -0.554. The molecule has 74 valence electrons. The molecule has 1 aromatic carbocycles. The average Bonchev–Trinajstić information content (AvgIpc) is 2.18. The van der Waals surface area contributed by atoms with Crippen molar-refractivity contribution in [3.05, 3.63) is 29.8 Å². The van der Waals surface area contributed by atoms with Gasteiger partial charge in [-0.25, -0.2) is 0 Å². The number of aldehydes is 1. The van der Waals surface area contributed by atoms with Crippen LogP contribution in [0.2, 0.25) is 0 Å². The second-order valence-electron chi connectivity index (χ2n) is 2.92. The normalized spacial score (nSPS) is 11.8. The van der Waals surface area contributed by atoms with E-state index in [0.29, 0.717) is 6.29 Å². The van der Waals surface area contributed by atoms with Crippen LogP contribution < -0.4 is 5.32 Å². The van der Waals surface area contributed by atoms with Crippen LogP contribution in [0.3, 0.4) is 0 Å². The Morgan fingerprint density at radius 2 is 2.14 bits per heavy atom. The average molecular weight is 193 g/mol. The Labute approximate surface area is 81.6 Å². The maximum atomic E-state index is 11.4. The molecular formula is C10H11NO3. The van der Waals surface area contributed by atoms with Crippen molar-refractivity contribution in [2.45, 2.75) is 13.0 Å². The fraction of sp³-hybridized carbons (Fsp3) is 0.200. The summed E-state index contributed by atoms with van der Waals surface area (Å²) in [5.74, 6) is -0.550. The molecule has 0 bridgehead atoms. The molecule has 0 aliphatic heterocycles. The Kier molecular flexibility index (Phi) is 3.23. The lowest BCUT2D eigenvalue weighted by molar-refractivity contribution is -0.109. The number of carbonyl (C=O) groups excluding carboxylic acids is 2. The minimum Gasteiger partial charge on any atom is -0.507 e. The van der Waals surface area contributed by atoms with Crippen LogP contribution in [0.25, 0.3) is 0 Å². The van der Waals surface area contributed by atoms with E-state index in [1.165, 1.54) is 12.1 Å². The minimum absolute atomic E-state index is 0.0944. The molecule has 0 heterocycles. The Morgan fingerprint density at radius 3 is 2.71 bits per heavy atom. The van der Waals surface area contributed by atoms with Crippen molar-refractivity contribution >= 4 is 12.2 Å². The second kappa shape index (κ2) is 4.41. The topological polar surface area (TPSA) is 66.4 Å². The number of hydrogen-bond donors (Lipinski definition) is 2. The van der Waals surface area contributed by atoms with Gasteiger partial charge in [-0.15, -0.1) is 0 Å². The van der Waals surface area contributed by atoms with E-state index >= 15 is 0 Å². The largest absolute Gasteiger partial charge is 0.507 e. The number of para-hydroxylation sites is 1. The van der Waals surface area contributed by atoms with Gasteiger partial charge in [0.25, 0.3) is 5.91 Å². The fourth-order valence-corrected chi connectivity index (χ4v) is 0.984. The highest BCUT2D eigenvalue weighted by Crippen LogP contribution is 2.14. The molecule has 1 atom stereocenters. The molecule has 4 heteroatoms. The third-order valence-corrected chi connectivity index (χ3v) is 1.71. The van der Waals surface area contributed by atoms with E-state index in [9.17, 15) is 14.7 Å². The number of phenolic OH excluding ortho intramolecular Hbond substituents is 1. The number of carbonyl (C=O) groups is 2. The molecule has 1 amide bonds. The highest BCUT2D eigenvalue weighted by molar-refractivity contribution is 5.97. The van der Waals surface area contributed by atoms with Gasteiger partial charge in [0, 0.05) is 0 Å². The van der Waals surface area contributed by atoms with Crippen molar-refractivity contribution in [1.82, 2.24) is 5.32 Å². The van der Waals surface area contributed by atoms with Crippen LogP contribution in [-0.4, -0.2) is 23.3 Å². The van der Waals surface area contributed by atoms with Gasteiger partial charge in [-0.05, 0) is 19.1 Å². The van der Waals surface area contributed by atoms with E-state index in [0.717, 1.165) is 0 Å². The first-order valence-electron chi connectivity index (χ1n) is 4.19. The van der Waals surface area contributed by atoms with E-state index < -0.39 is 11.9 Å². The van der Waals surface area contributed by atoms with Gasteiger partial charge in [0.2, 0.25) is 0 Å². The summed E-state index contributed by atoms with van der Waals surface area (Å²) < 4.78 is 0. The number of nitrogens with one attached hydrogen (secondary N) is 1. The summed E-state index contributed by atoms with van der Waals surface area (Å²) in [7, 11) is 0. The van der Waals surface area contributed by atoms with Crippen LogP contribution in [0.5, 0.6) is 5.75 Å². The Balaban J connectivity index is 2.80. The first-order valence-corrected chi connectivity index (χ1v) is 4.19. The summed E-state index contributed by atoms with van der Waals surface area (Å²) in [5, 5.41) is 11.7. The molecule has 2 N–H and O–H groups in total. The molecule has 14 heavy (non-hydrogen) atoms. The van der Waals surface area contributed by atoms with Crippen molar-refractivity contribution in [1.29, 1.82) is 0 Å². The third-order valence-electron chi connectivity index (χ3n) is 1.71. The van der Waals surface area contributed by atoms with Crippen molar-refractivity contribution < 1.29 is 14.7 Å². The summed E-state index contributed by atoms with van der Waals surface area (Å²) >= 11 is 0. The number of rotatable bonds is 3. The van der Waals surface area contributed by atoms with Gasteiger partial charge in [0.15, 0.2) is 0 Å². The fourth-order valence-electron chi connectivity index (χ4n) is 0.984. The molecule has 0 saturated carbocycles. The molecule has 0 aliphatic carbocycles. The standard InChI is InChI=1S/C10H11NO3/c1-7(6-12)11-10(14)8-4-2-3-5-9(8)13/h2-7,13H,1H3,(H,11,14). The zero-order valence-electron chi connectivity index (χ0n) is 7.73. The third kappa shape index (κ3) is 2.32. The monoisotopic (exact) mass is 193 g/mol. The molecule has 0 aliphatic rings. The summed E-state index contributed by atoms with van der Waals surface area (Å²) in [4.78, 5) is 21.7. The SMILES string of the molecule is CC(C=O)NC(=O)c1ccccc1O. The predicted octanol–water partition coefficient (Wildman–Crippen LogP) is 0.709. The number of amides is 1. The van der Waals surface area contributed by atoms with Crippen molar-refractivity contribution in [3.8, 4) is 5.75 Å². The smallest absolute Gasteiger partial charge is 0.255 e. The maximum Gasteiger partial charge on any atom is 0.255 e. The predicted molar refractivity (Wildman–Crippen MR) is 51.1 cm³/mol. The number of hydrogen-bond acceptors (Lipinski definition) is 3. The van der Waals surface area contributed by atoms with Gasteiger partial charge >= 0.3 is 0 Å². The lowest BCUT2D eigenvalue weighted by Gasteiger charge is -2.07. The second-order valence-corrected chi connectivity index (χ2v) is 2.92. The first kappa shape index (κ1) is 10.2. The summed E-state index contributed by atoms with van der Waals surface area (Å²) in [6.07, 6.45) is 0.623. The molecule has 1 aromatic rings. The zero-order valence-corrected chi connectivity index (χ0v) is 7.73. The van der Waals surface area contributed by atoms with Crippen LogP contribution in [0.15, 0.2) is 24.3 Å². The van der Waals surface area contributed by atoms with E-state index in [1.807, 2.05) is 0 Å². The van der Waals surface area contributed by atoms with Crippen molar-refractivity contribution in [2.75, 3.05) is 0 Å². The van der Waals surface area contributed by atoms with Crippen LogP contribution in [0.1, 0.15) is 17.3 Å². The highest BCUT2D eigenvalue weighted by atomic mass is 16.3. The van der Waals surface area contributed by atoms with Crippen LogP contribution in [0, 0.1) is 0 Å². The molecular weight excluding hydrogens is 182 g/mol. The van der Waals surface area contributed by atoms with Gasteiger partial charge < -0.3 is 15.2 Å². The van der Waals surface area contributed by atoms with Crippen molar-refractivity contribution in [2.24, 2.45) is 0 Å². The quantitative estimate of drug-likeness (QED) is 0.695. The summed E-state index contributed by atoms with van der Waals surface area (Å²) in [5.41, 5.74) is 0.168. The number of aromatic hydroxyl groups is 1. The van der Waals surface area contributed by atoms with Gasteiger partial charge in [-0.3, -0.25) is 4.79 Å². The molecule has 0 saturated heterocycles. The van der Waals surface area contributed by atoms with Crippen LogP contribution in [-0.2, 0) is 4.79 Å². The zero-order chi connectivity index (χ0) is 10.6. The molecule has 4 nitrogen and oxygen atoms in total. The molecule has 1 rings (SSSR count). The summed E-state index contributed by atoms with van der Waals surface area (Å²) in [6, 6.07) is 5.61. The van der Waals surface area contributed by atoms with Gasteiger partial charge in [-0.1, -0.05) is 12.1 Å². The van der Waals surface area contributed by atoms with E-state index in [1.54, 1.807) is 19.1 Å². The summed E-state index contributed by atoms with van der Waals surface area (Å²) in [6.45, 7) is 1.56. The number of phenols is 1. The molecule has 1 unspecified atom stereocenters. The Morgan fingerprint density at radius 1 is 1.50 bits per heavy atom. The van der Waals surface area contributed by atoms with E-state index in [-0.39, 0.29) is 11.3 Å². The van der Waals surface area contributed by atoms with E-state index in [4.69, 9.17) is 0 Å². The lowest BCUT2D eigenvalue weighted by Crippen LogP contribution is -2.33. The Hall–Kier alpha value is -1.84.